The van der Waals surface area contributed by atoms with E-state index in [1.165, 1.54) is 0 Å². The van der Waals surface area contributed by atoms with Gasteiger partial charge in [-0.15, -0.1) is 0 Å². The van der Waals surface area contributed by atoms with Crippen LogP contribution in [0.4, 0.5) is 0 Å². The molecule has 0 aliphatic carbocycles. The second-order valence-corrected chi connectivity index (χ2v) is 5.97. The van der Waals surface area contributed by atoms with Crippen molar-refractivity contribution >= 4 is 35.0 Å². The summed E-state index contributed by atoms with van der Waals surface area (Å²) < 4.78 is 0. The van der Waals surface area contributed by atoms with Crippen LogP contribution in [-0.2, 0) is 0 Å². The number of carbonyl (C=O) groups is 2. The summed E-state index contributed by atoms with van der Waals surface area (Å²) in [6.45, 7) is 2.14. The van der Waals surface area contributed by atoms with Crippen molar-refractivity contribution in [2.75, 3.05) is 6.54 Å². The second-order valence-electron chi connectivity index (χ2n) is 5.10. The van der Waals surface area contributed by atoms with Gasteiger partial charge in [-0.1, -0.05) is 23.2 Å². The maximum Gasteiger partial charge on any atom is 0.251 e. The molecule has 0 bridgehead atoms. The van der Waals surface area contributed by atoms with Gasteiger partial charge in [0.05, 0.1) is 0 Å². The Labute approximate surface area is 144 Å². The number of hydrogen-bond donors (Lipinski definition) is 2. The molecule has 120 valence electrons. The van der Waals surface area contributed by atoms with Crippen LogP contribution < -0.4 is 10.6 Å². The van der Waals surface area contributed by atoms with E-state index in [0.29, 0.717) is 27.7 Å². The number of hydrogen-bond acceptors (Lipinski definition) is 2. The van der Waals surface area contributed by atoms with Crippen molar-refractivity contribution in [3.63, 3.8) is 0 Å². The maximum absolute atomic E-state index is 12.0. The number of halogens is 2. The Morgan fingerprint density at radius 2 is 1.30 bits per heavy atom. The molecule has 0 saturated heterocycles. The molecule has 2 aromatic rings. The first-order valence-electron chi connectivity index (χ1n) is 7.06. The molecule has 0 aliphatic rings. The lowest BCUT2D eigenvalue weighted by Crippen LogP contribution is -2.41. The van der Waals surface area contributed by atoms with Gasteiger partial charge >= 0.3 is 0 Å². The third kappa shape index (κ3) is 5.27. The molecular formula is C17H16Cl2N2O2. The lowest BCUT2D eigenvalue weighted by atomic mass is 10.2. The van der Waals surface area contributed by atoms with E-state index in [0.717, 1.165) is 0 Å². The highest BCUT2D eigenvalue weighted by atomic mass is 35.5. The first kappa shape index (κ1) is 17.3. The molecule has 2 rings (SSSR count). The summed E-state index contributed by atoms with van der Waals surface area (Å²) in [5.74, 6) is -0.427. The summed E-state index contributed by atoms with van der Waals surface area (Å²) in [4.78, 5) is 24.0. The van der Waals surface area contributed by atoms with Gasteiger partial charge in [0.15, 0.2) is 0 Å². The molecule has 1 atom stereocenters. The average Bonchev–Trinajstić information content (AvgIpc) is 2.54. The number of amides is 2. The van der Waals surface area contributed by atoms with Crippen molar-refractivity contribution in [2.24, 2.45) is 0 Å². The molecule has 0 saturated carbocycles. The molecule has 0 spiro atoms. The molecule has 0 fully saturated rings. The van der Waals surface area contributed by atoms with Gasteiger partial charge in [0.25, 0.3) is 11.8 Å². The van der Waals surface area contributed by atoms with E-state index < -0.39 is 0 Å². The molecule has 0 aliphatic heterocycles. The van der Waals surface area contributed by atoms with Gasteiger partial charge in [0, 0.05) is 33.8 Å². The smallest absolute Gasteiger partial charge is 0.251 e. The number of carbonyl (C=O) groups excluding carboxylic acids is 2. The van der Waals surface area contributed by atoms with E-state index >= 15 is 0 Å². The molecule has 4 nitrogen and oxygen atoms in total. The van der Waals surface area contributed by atoms with Gasteiger partial charge < -0.3 is 10.6 Å². The van der Waals surface area contributed by atoms with Crippen molar-refractivity contribution in [2.45, 2.75) is 13.0 Å². The molecule has 6 heteroatoms. The Morgan fingerprint density at radius 3 is 1.78 bits per heavy atom. The van der Waals surface area contributed by atoms with Crippen LogP contribution in [0.1, 0.15) is 27.6 Å². The first-order valence-corrected chi connectivity index (χ1v) is 7.81. The number of nitrogens with one attached hydrogen (secondary N) is 2. The van der Waals surface area contributed by atoms with Crippen LogP contribution in [0, 0.1) is 0 Å². The Balaban J connectivity index is 1.83. The second kappa shape index (κ2) is 7.99. The molecule has 0 radical (unpaired) electrons. The molecule has 23 heavy (non-hydrogen) atoms. The van der Waals surface area contributed by atoms with Crippen molar-refractivity contribution in [1.82, 2.24) is 10.6 Å². The van der Waals surface area contributed by atoms with E-state index in [2.05, 4.69) is 10.6 Å². The summed E-state index contributed by atoms with van der Waals surface area (Å²) in [5, 5.41) is 6.73. The molecule has 2 N–H and O–H groups in total. The van der Waals surface area contributed by atoms with Crippen LogP contribution in [0.3, 0.4) is 0 Å². The Kier molecular flexibility index (Phi) is 6.02. The lowest BCUT2D eigenvalue weighted by Gasteiger charge is -2.15. The Hall–Kier alpha value is -2.04. The van der Waals surface area contributed by atoms with Gasteiger partial charge in [-0.05, 0) is 55.5 Å². The highest BCUT2D eigenvalue weighted by Crippen LogP contribution is 2.10. The van der Waals surface area contributed by atoms with Crippen molar-refractivity contribution in [3.8, 4) is 0 Å². The number of rotatable bonds is 5. The molecule has 2 amide bonds. The summed E-state index contributed by atoms with van der Waals surface area (Å²) in [7, 11) is 0. The van der Waals surface area contributed by atoms with Gasteiger partial charge in [0.1, 0.15) is 0 Å². The van der Waals surface area contributed by atoms with E-state index in [-0.39, 0.29) is 17.9 Å². The summed E-state index contributed by atoms with van der Waals surface area (Å²) in [5.41, 5.74) is 1.04. The minimum atomic E-state index is -0.214. The normalized spacial score (nSPS) is 11.6. The zero-order chi connectivity index (χ0) is 16.8. The minimum absolute atomic E-state index is 0.213. The minimum Gasteiger partial charge on any atom is -0.350 e. The zero-order valence-corrected chi connectivity index (χ0v) is 14.0. The van der Waals surface area contributed by atoms with Crippen LogP contribution >= 0.6 is 23.2 Å². The van der Waals surface area contributed by atoms with Gasteiger partial charge in [0.2, 0.25) is 0 Å². The highest BCUT2D eigenvalue weighted by molar-refractivity contribution is 6.31. The topological polar surface area (TPSA) is 58.2 Å². The quantitative estimate of drug-likeness (QED) is 0.866. The van der Waals surface area contributed by atoms with Crippen LogP contribution in [0.15, 0.2) is 48.5 Å². The molecule has 0 heterocycles. The molecule has 2 aromatic carbocycles. The first-order chi connectivity index (χ1) is 11.0. The highest BCUT2D eigenvalue weighted by Gasteiger charge is 2.11. The van der Waals surface area contributed by atoms with Crippen LogP contribution in [0.2, 0.25) is 10.0 Å². The van der Waals surface area contributed by atoms with Crippen molar-refractivity contribution in [1.29, 1.82) is 0 Å². The Bertz CT molecular complexity index is 685. The Morgan fingerprint density at radius 1 is 0.870 bits per heavy atom. The predicted octanol–water partition coefficient (Wildman–Crippen LogP) is 3.54. The monoisotopic (exact) mass is 350 g/mol. The van der Waals surface area contributed by atoms with Crippen molar-refractivity contribution in [3.05, 3.63) is 69.7 Å². The lowest BCUT2D eigenvalue weighted by molar-refractivity contribution is 0.0912. The third-order valence-corrected chi connectivity index (χ3v) is 3.66. The SMILES string of the molecule is CC(CNC(=O)c1ccc(Cl)cc1)NC(=O)c1ccc(Cl)cc1. The van der Waals surface area contributed by atoms with E-state index in [1.54, 1.807) is 48.5 Å². The molecule has 0 aromatic heterocycles. The average molecular weight is 351 g/mol. The van der Waals surface area contributed by atoms with E-state index in [9.17, 15) is 9.59 Å². The zero-order valence-electron chi connectivity index (χ0n) is 12.5. The fourth-order valence-electron chi connectivity index (χ4n) is 1.91. The van der Waals surface area contributed by atoms with Crippen molar-refractivity contribution < 1.29 is 9.59 Å². The van der Waals surface area contributed by atoms with E-state index in [4.69, 9.17) is 23.2 Å². The van der Waals surface area contributed by atoms with Gasteiger partial charge in [-0.25, -0.2) is 0 Å². The standard InChI is InChI=1S/C17H16Cl2N2O2/c1-11(21-17(23)13-4-8-15(19)9-5-13)10-20-16(22)12-2-6-14(18)7-3-12/h2-9,11H,10H2,1H3,(H,20,22)(H,21,23). The fraction of sp³-hybridized carbons (Fsp3) is 0.176. The largest absolute Gasteiger partial charge is 0.350 e. The van der Waals surface area contributed by atoms with Gasteiger partial charge in [-0.2, -0.15) is 0 Å². The molecular weight excluding hydrogens is 335 g/mol. The van der Waals surface area contributed by atoms with E-state index in [1.807, 2.05) is 6.92 Å². The number of benzene rings is 2. The summed E-state index contributed by atoms with van der Waals surface area (Å²) in [6.07, 6.45) is 0. The summed E-state index contributed by atoms with van der Waals surface area (Å²) in [6, 6.07) is 13.0. The van der Waals surface area contributed by atoms with Crippen LogP contribution in [0.25, 0.3) is 0 Å². The molecule has 1 unspecified atom stereocenters. The van der Waals surface area contributed by atoms with Gasteiger partial charge in [-0.3, -0.25) is 9.59 Å². The summed E-state index contributed by atoms with van der Waals surface area (Å²) >= 11 is 11.6. The van der Waals surface area contributed by atoms with Crippen LogP contribution in [0.5, 0.6) is 0 Å². The maximum atomic E-state index is 12.0. The fourth-order valence-corrected chi connectivity index (χ4v) is 2.16. The predicted molar refractivity (Wildman–Crippen MR) is 92.2 cm³/mol. The van der Waals surface area contributed by atoms with Crippen LogP contribution in [-0.4, -0.2) is 24.4 Å². The third-order valence-electron chi connectivity index (χ3n) is 3.16.